The van der Waals surface area contributed by atoms with Crippen molar-refractivity contribution in [2.75, 3.05) is 0 Å². The van der Waals surface area contributed by atoms with E-state index in [-0.39, 0.29) is 10.8 Å². The van der Waals surface area contributed by atoms with E-state index in [1.165, 1.54) is 44.0 Å². The van der Waals surface area contributed by atoms with Crippen LogP contribution in [-0.2, 0) is 10.8 Å². The minimum atomic E-state index is 0.0954. The lowest BCUT2D eigenvalue weighted by Crippen LogP contribution is -2.10. The summed E-state index contributed by atoms with van der Waals surface area (Å²) in [6, 6.07) is 26.5. The van der Waals surface area contributed by atoms with E-state index in [9.17, 15) is 0 Å². The summed E-state index contributed by atoms with van der Waals surface area (Å²) in [4.78, 5) is 0. The largest absolute Gasteiger partial charge is 0.309 e. The summed E-state index contributed by atoms with van der Waals surface area (Å²) in [6.45, 7) is 13.7. The zero-order chi connectivity index (χ0) is 22.8. The van der Waals surface area contributed by atoms with Crippen molar-refractivity contribution in [1.82, 2.24) is 4.57 Å². The molecular weight excluding hydrogens is 385 g/mol. The van der Waals surface area contributed by atoms with Crippen molar-refractivity contribution in [3.63, 3.8) is 0 Å². The van der Waals surface area contributed by atoms with Crippen molar-refractivity contribution >= 4 is 45.9 Å². The molecule has 0 aliphatic rings. The smallest absolute Gasteiger partial charge is 0.114 e. The first-order chi connectivity index (χ1) is 15.1. The molecule has 5 aromatic rings. The monoisotopic (exact) mass is 415 g/mol. The number of hydrogen-bond acceptors (Lipinski definition) is 0. The van der Waals surface area contributed by atoms with Gasteiger partial charge in [-0.15, -0.1) is 0 Å². The maximum atomic E-state index is 6.33. The SMILES string of the molecule is [B]c1cccc2c(-n3c4ccc(C(C)(C)C)cc4c4cc(C(C)(C)C)ccc43)cccc12. The fourth-order valence-electron chi connectivity index (χ4n) is 4.73. The first-order valence-corrected chi connectivity index (χ1v) is 11.4. The molecular formula is C30H30BN. The Morgan fingerprint density at radius 1 is 0.562 bits per heavy atom. The summed E-state index contributed by atoms with van der Waals surface area (Å²) in [5.41, 5.74) is 7.34. The second kappa shape index (κ2) is 7.00. The van der Waals surface area contributed by atoms with Gasteiger partial charge in [-0.1, -0.05) is 89.5 Å². The number of hydrogen-bond donors (Lipinski definition) is 0. The fourth-order valence-corrected chi connectivity index (χ4v) is 4.73. The van der Waals surface area contributed by atoms with Crippen molar-refractivity contribution in [1.29, 1.82) is 0 Å². The highest BCUT2D eigenvalue weighted by molar-refractivity contribution is 6.39. The molecule has 1 aromatic heterocycles. The van der Waals surface area contributed by atoms with Crippen LogP contribution in [0.3, 0.4) is 0 Å². The van der Waals surface area contributed by atoms with Crippen LogP contribution in [0.15, 0.2) is 72.8 Å². The molecule has 0 saturated heterocycles. The lowest BCUT2D eigenvalue weighted by molar-refractivity contribution is 0.590. The summed E-state index contributed by atoms with van der Waals surface area (Å²) < 4.78 is 2.41. The van der Waals surface area contributed by atoms with Gasteiger partial charge in [0.15, 0.2) is 0 Å². The third-order valence-electron chi connectivity index (χ3n) is 6.67. The van der Waals surface area contributed by atoms with Crippen molar-refractivity contribution in [3.8, 4) is 5.69 Å². The average molecular weight is 415 g/mol. The van der Waals surface area contributed by atoms with Crippen LogP contribution in [0.4, 0.5) is 0 Å². The lowest BCUT2D eigenvalue weighted by atomic mass is 9.85. The van der Waals surface area contributed by atoms with Crippen molar-refractivity contribution in [3.05, 3.63) is 83.9 Å². The zero-order valence-electron chi connectivity index (χ0n) is 20.0. The molecule has 0 amide bonds. The minimum Gasteiger partial charge on any atom is -0.309 e. The van der Waals surface area contributed by atoms with Crippen LogP contribution >= 0.6 is 0 Å². The van der Waals surface area contributed by atoms with Gasteiger partial charge in [0.05, 0.1) is 16.7 Å². The first-order valence-electron chi connectivity index (χ1n) is 11.4. The van der Waals surface area contributed by atoms with Crippen LogP contribution in [0.1, 0.15) is 52.7 Å². The molecule has 0 atom stereocenters. The predicted molar refractivity (Wildman–Crippen MR) is 141 cm³/mol. The van der Waals surface area contributed by atoms with Gasteiger partial charge >= 0.3 is 0 Å². The molecule has 2 heteroatoms. The third kappa shape index (κ3) is 3.25. The topological polar surface area (TPSA) is 4.93 Å². The molecule has 0 aliphatic heterocycles. The second-order valence-electron chi connectivity index (χ2n) is 11.0. The highest BCUT2D eigenvalue weighted by atomic mass is 15.0. The van der Waals surface area contributed by atoms with E-state index in [1.807, 2.05) is 12.1 Å². The zero-order valence-corrected chi connectivity index (χ0v) is 20.0. The Labute approximate surface area is 192 Å². The molecule has 0 aliphatic carbocycles. The molecule has 0 spiro atoms. The maximum absolute atomic E-state index is 6.33. The van der Waals surface area contributed by atoms with Crippen molar-refractivity contribution in [2.24, 2.45) is 0 Å². The molecule has 4 aromatic carbocycles. The molecule has 0 N–H and O–H groups in total. The standard InChI is InChI=1S/C30H30BN/c1-29(2,3)19-13-15-27-23(17-19)24-18-20(30(4,5)6)14-16-28(24)32(27)26-12-8-9-21-22(26)10-7-11-25(21)31/h7-18H,1-6H3. The van der Waals surface area contributed by atoms with Gasteiger partial charge in [-0.2, -0.15) is 0 Å². The molecule has 0 bridgehead atoms. The van der Waals surface area contributed by atoms with Crippen LogP contribution < -0.4 is 5.46 Å². The first kappa shape index (κ1) is 20.9. The van der Waals surface area contributed by atoms with Gasteiger partial charge in [0.2, 0.25) is 0 Å². The normalized spacial score (nSPS) is 12.8. The summed E-state index contributed by atoms with van der Waals surface area (Å²) >= 11 is 0. The summed E-state index contributed by atoms with van der Waals surface area (Å²) in [5, 5.41) is 4.88. The Hall–Kier alpha value is -3.00. The van der Waals surface area contributed by atoms with Gasteiger partial charge in [-0.25, -0.2) is 0 Å². The fraction of sp³-hybridized carbons (Fsp3) is 0.267. The van der Waals surface area contributed by atoms with Crippen LogP contribution in [0.25, 0.3) is 38.3 Å². The van der Waals surface area contributed by atoms with E-state index in [2.05, 4.69) is 107 Å². The Bertz CT molecular complexity index is 1420. The maximum Gasteiger partial charge on any atom is 0.114 e. The molecule has 1 nitrogen and oxygen atoms in total. The highest BCUT2D eigenvalue weighted by Gasteiger charge is 2.21. The van der Waals surface area contributed by atoms with Gasteiger partial charge in [-0.05, 0) is 57.7 Å². The molecule has 0 fully saturated rings. The molecule has 158 valence electrons. The number of nitrogens with zero attached hydrogens (tertiary/aromatic N) is 1. The van der Waals surface area contributed by atoms with E-state index in [1.54, 1.807) is 0 Å². The third-order valence-corrected chi connectivity index (χ3v) is 6.67. The predicted octanol–water partition coefficient (Wildman–Crippen LogP) is 7.33. The van der Waals surface area contributed by atoms with Crippen molar-refractivity contribution in [2.45, 2.75) is 52.4 Å². The van der Waals surface area contributed by atoms with E-state index in [4.69, 9.17) is 7.85 Å². The second-order valence-corrected chi connectivity index (χ2v) is 11.0. The van der Waals surface area contributed by atoms with Crippen LogP contribution in [-0.4, -0.2) is 12.4 Å². The Balaban J connectivity index is 1.94. The van der Waals surface area contributed by atoms with E-state index >= 15 is 0 Å². The summed E-state index contributed by atoms with van der Waals surface area (Å²) in [6.07, 6.45) is 0. The number of benzene rings is 4. The Morgan fingerprint density at radius 2 is 1.06 bits per heavy atom. The van der Waals surface area contributed by atoms with Crippen LogP contribution in [0, 0.1) is 0 Å². The van der Waals surface area contributed by atoms with Crippen LogP contribution in [0.2, 0.25) is 0 Å². The molecule has 1 heterocycles. The van der Waals surface area contributed by atoms with E-state index in [0.29, 0.717) is 0 Å². The van der Waals surface area contributed by atoms with Gasteiger partial charge in [0, 0.05) is 16.2 Å². The Kier molecular flexibility index (Phi) is 4.57. The van der Waals surface area contributed by atoms with Gasteiger partial charge in [-0.3, -0.25) is 0 Å². The molecule has 0 unspecified atom stereocenters. The summed E-state index contributed by atoms with van der Waals surface area (Å²) in [5.74, 6) is 0. The number of aromatic nitrogens is 1. The van der Waals surface area contributed by atoms with Gasteiger partial charge < -0.3 is 4.57 Å². The van der Waals surface area contributed by atoms with E-state index in [0.717, 1.165) is 10.8 Å². The summed E-state index contributed by atoms with van der Waals surface area (Å²) in [7, 11) is 6.33. The molecule has 32 heavy (non-hydrogen) atoms. The highest BCUT2D eigenvalue weighted by Crippen LogP contribution is 2.38. The van der Waals surface area contributed by atoms with Gasteiger partial charge in [0.25, 0.3) is 0 Å². The number of fused-ring (bicyclic) bond motifs is 4. The molecule has 5 rings (SSSR count). The van der Waals surface area contributed by atoms with Gasteiger partial charge in [0.1, 0.15) is 7.85 Å². The van der Waals surface area contributed by atoms with Crippen LogP contribution in [0.5, 0.6) is 0 Å². The van der Waals surface area contributed by atoms with Crippen molar-refractivity contribution < 1.29 is 0 Å². The average Bonchev–Trinajstić information content (AvgIpc) is 3.05. The Morgan fingerprint density at radius 3 is 1.59 bits per heavy atom. The quantitative estimate of drug-likeness (QED) is 0.253. The number of rotatable bonds is 1. The van der Waals surface area contributed by atoms with E-state index < -0.39 is 0 Å². The lowest BCUT2D eigenvalue weighted by Gasteiger charge is -2.19. The molecule has 0 saturated carbocycles. The minimum absolute atomic E-state index is 0.0954. The molecule has 2 radical (unpaired) electrons.